The Hall–Kier alpha value is -1.19. The Balaban J connectivity index is 2.07. The first-order valence-electron chi connectivity index (χ1n) is 4.55. The molecule has 1 atom stereocenters. The number of thiazole rings is 1. The molecule has 0 amide bonds. The lowest BCUT2D eigenvalue weighted by Crippen LogP contribution is -2.12. The van der Waals surface area contributed by atoms with Gasteiger partial charge in [0.15, 0.2) is 0 Å². The number of benzene rings is 1. The van der Waals surface area contributed by atoms with E-state index in [4.69, 9.17) is 5.73 Å². The molecule has 1 aromatic carbocycles. The van der Waals surface area contributed by atoms with Crippen LogP contribution in [0.4, 0.5) is 0 Å². The summed E-state index contributed by atoms with van der Waals surface area (Å²) in [5.74, 6) is 0. The predicted octanol–water partition coefficient (Wildman–Crippen LogP) is 2.39. The van der Waals surface area contributed by atoms with Crippen molar-refractivity contribution >= 4 is 11.3 Å². The molecule has 2 rings (SSSR count). The molecule has 0 bridgehead atoms. The summed E-state index contributed by atoms with van der Waals surface area (Å²) in [4.78, 5) is 4.22. The van der Waals surface area contributed by atoms with E-state index in [9.17, 15) is 0 Å². The Labute approximate surface area is 87.4 Å². The number of nitrogens with two attached hydrogens (primary N) is 1. The molecule has 2 N–H and O–H groups in total. The Morgan fingerprint density at radius 1 is 1.29 bits per heavy atom. The molecule has 1 heterocycles. The van der Waals surface area contributed by atoms with Gasteiger partial charge in [-0.2, -0.15) is 0 Å². The second kappa shape index (κ2) is 4.35. The molecule has 0 saturated carbocycles. The number of nitrogens with zero attached hydrogens (tertiary/aromatic N) is 1. The lowest BCUT2D eigenvalue weighted by molar-refractivity contribution is 0.718. The van der Waals surface area contributed by atoms with Crippen LogP contribution in [0.1, 0.15) is 16.6 Å². The van der Waals surface area contributed by atoms with E-state index in [0.29, 0.717) is 0 Å². The van der Waals surface area contributed by atoms with Gasteiger partial charge in [0.05, 0.1) is 5.01 Å². The summed E-state index contributed by atoms with van der Waals surface area (Å²) in [6.07, 6.45) is 2.64. The van der Waals surface area contributed by atoms with E-state index in [-0.39, 0.29) is 6.04 Å². The Bertz CT molecular complexity index is 369. The molecule has 0 aliphatic heterocycles. The Kier molecular flexibility index (Phi) is 2.91. The maximum Gasteiger partial charge on any atom is 0.0943 e. The van der Waals surface area contributed by atoms with Crippen molar-refractivity contribution in [2.75, 3.05) is 0 Å². The first-order chi connectivity index (χ1) is 6.86. The third-order valence-electron chi connectivity index (χ3n) is 2.11. The van der Waals surface area contributed by atoms with Crippen molar-refractivity contribution in [1.82, 2.24) is 4.98 Å². The summed E-state index contributed by atoms with van der Waals surface area (Å²) < 4.78 is 0. The lowest BCUT2D eigenvalue weighted by atomic mass is 10.1. The summed E-state index contributed by atoms with van der Waals surface area (Å²) in [7, 11) is 0. The zero-order chi connectivity index (χ0) is 9.80. The van der Waals surface area contributed by atoms with Crippen molar-refractivity contribution < 1.29 is 0 Å². The highest BCUT2D eigenvalue weighted by atomic mass is 32.1. The molecule has 0 spiro atoms. The van der Waals surface area contributed by atoms with Crippen LogP contribution in [-0.4, -0.2) is 4.98 Å². The maximum atomic E-state index is 6.05. The molecule has 0 aliphatic rings. The summed E-state index contributed by atoms with van der Waals surface area (Å²) in [5, 5.41) is 3.08. The first kappa shape index (κ1) is 9.37. The largest absolute Gasteiger partial charge is 0.324 e. The van der Waals surface area contributed by atoms with Gasteiger partial charge in [-0.3, -0.25) is 0 Å². The van der Waals surface area contributed by atoms with Gasteiger partial charge in [-0.05, 0) is 5.56 Å². The van der Waals surface area contributed by atoms with E-state index in [0.717, 1.165) is 11.4 Å². The number of hydrogen-bond donors (Lipinski definition) is 1. The van der Waals surface area contributed by atoms with Crippen molar-refractivity contribution in [2.24, 2.45) is 5.73 Å². The normalized spacial score (nSPS) is 12.6. The monoisotopic (exact) mass is 204 g/mol. The van der Waals surface area contributed by atoms with Crippen molar-refractivity contribution in [2.45, 2.75) is 12.5 Å². The van der Waals surface area contributed by atoms with E-state index in [1.54, 1.807) is 11.3 Å². The highest BCUT2D eigenvalue weighted by molar-refractivity contribution is 7.09. The molecule has 0 radical (unpaired) electrons. The Morgan fingerprint density at radius 2 is 2.07 bits per heavy atom. The molecule has 0 fully saturated rings. The average molecular weight is 204 g/mol. The van der Waals surface area contributed by atoms with Crippen molar-refractivity contribution in [1.29, 1.82) is 0 Å². The molecule has 3 heteroatoms. The topological polar surface area (TPSA) is 38.9 Å². The molecule has 2 nitrogen and oxygen atoms in total. The second-order valence-corrected chi connectivity index (χ2v) is 4.13. The number of rotatable bonds is 3. The van der Waals surface area contributed by atoms with Gasteiger partial charge in [0, 0.05) is 24.0 Å². The van der Waals surface area contributed by atoms with Crippen molar-refractivity contribution in [3.05, 3.63) is 52.5 Å². The minimum atomic E-state index is 0.0577. The van der Waals surface area contributed by atoms with Crippen LogP contribution in [0, 0.1) is 0 Å². The number of hydrogen-bond acceptors (Lipinski definition) is 3. The minimum Gasteiger partial charge on any atom is -0.324 e. The third-order valence-corrected chi connectivity index (χ3v) is 2.91. The van der Waals surface area contributed by atoms with Gasteiger partial charge in [0.1, 0.15) is 0 Å². The SMILES string of the molecule is N[C@@H](Cc1nccs1)c1ccccc1. The second-order valence-electron chi connectivity index (χ2n) is 3.15. The predicted molar refractivity (Wildman–Crippen MR) is 59.2 cm³/mol. The van der Waals surface area contributed by atoms with Crippen molar-refractivity contribution in [3.8, 4) is 0 Å². The fraction of sp³-hybridized carbons (Fsp3) is 0.182. The van der Waals surface area contributed by atoms with E-state index >= 15 is 0 Å². The molecule has 72 valence electrons. The van der Waals surface area contributed by atoms with Crippen LogP contribution in [-0.2, 0) is 6.42 Å². The van der Waals surface area contributed by atoms with Crippen LogP contribution in [0.2, 0.25) is 0 Å². The minimum absolute atomic E-state index is 0.0577. The summed E-state index contributed by atoms with van der Waals surface area (Å²) in [6, 6.07) is 10.2. The van der Waals surface area contributed by atoms with Gasteiger partial charge >= 0.3 is 0 Å². The molecule has 2 aromatic rings. The Morgan fingerprint density at radius 3 is 2.71 bits per heavy atom. The fourth-order valence-electron chi connectivity index (χ4n) is 1.36. The highest BCUT2D eigenvalue weighted by Crippen LogP contribution is 2.16. The van der Waals surface area contributed by atoms with E-state index in [2.05, 4.69) is 17.1 Å². The molecule has 0 aliphatic carbocycles. The van der Waals surface area contributed by atoms with Crippen LogP contribution in [0.15, 0.2) is 41.9 Å². The quantitative estimate of drug-likeness (QED) is 0.833. The van der Waals surface area contributed by atoms with Crippen LogP contribution in [0.25, 0.3) is 0 Å². The zero-order valence-corrected chi connectivity index (χ0v) is 8.58. The van der Waals surface area contributed by atoms with Gasteiger partial charge in [0.2, 0.25) is 0 Å². The zero-order valence-electron chi connectivity index (χ0n) is 7.76. The van der Waals surface area contributed by atoms with Crippen LogP contribution < -0.4 is 5.73 Å². The molecule has 14 heavy (non-hydrogen) atoms. The van der Waals surface area contributed by atoms with Crippen LogP contribution in [0.3, 0.4) is 0 Å². The maximum absolute atomic E-state index is 6.05. The summed E-state index contributed by atoms with van der Waals surface area (Å²) >= 11 is 1.65. The standard InChI is InChI=1S/C11H12N2S/c12-10(8-11-13-6-7-14-11)9-4-2-1-3-5-9/h1-7,10H,8,12H2/t10-/m0/s1. The lowest BCUT2D eigenvalue weighted by Gasteiger charge is -2.09. The molecule has 0 saturated heterocycles. The summed E-state index contributed by atoms with van der Waals surface area (Å²) in [5.41, 5.74) is 7.22. The molecular formula is C11H12N2S. The third kappa shape index (κ3) is 2.19. The van der Waals surface area contributed by atoms with Gasteiger partial charge in [0.25, 0.3) is 0 Å². The molecular weight excluding hydrogens is 192 g/mol. The van der Waals surface area contributed by atoms with Crippen molar-refractivity contribution in [3.63, 3.8) is 0 Å². The van der Waals surface area contributed by atoms with Gasteiger partial charge in [-0.25, -0.2) is 4.98 Å². The van der Waals surface area contributed by atoms with E-state index < -0.39 is 0 Å². The van der Waals surface area contributed by atoms with Gasteiger partial charge in [-0.15, -0.1) is 11.3 Å². The van der Waals surface area contributed by atoms with Crippen LogP contribution in [0.5, 0.6) is 0 Å². The molecule has 1 aromatic heterocycles. The first-order valence-corrected chi connectivity index (χ1v) is 5.43. The average Bonchev–Trinajstić information content (AvgIpc) is 2.72. The van der Waals surface area contributed by atoms with E-state index in [1.807, 2.05) is 29.8 Å². The summed E-state index contributed by atoms with van der Waals surface area (Å²) in [6.45, 7) is 0. The van der Waals surface area contributed by atoms with Gasteiger partial charge < -0.3 is 5.73 Å². The van der Waals surface area contributed by atoms with Gasteiger partial charge in [-0.1, -0.05) is 30.3 Å². The van der Waals surface area contributed by atoms with E-state index in [1.165, 1.54) is 5.56 Å². The highest BCUT2D eigenvalue weighted by Gasteiger charge is 2.07. The smallest absolute Gasteiger partial charge is 0.0943 e. The molecule has 0 unspecified atom stereocenters. The number of aromatic nitrogens is 1. The van der Waals surface area contributed by atoms with Crippen LogP contribution >= 0.6 is 11.3 Å². The fourth-order valence-corrected chi connectivity index (χ4v) is 2.04.